The summed E-state index contributed by atoms with van der Waals surface area (Å²) in [5, 5.41) is 8.74. The number of benzene rings is 3. The normalized spacial score (nSPS) is 21.8. The van der Waals surface area contributed by atoms with Crippen molar-refractivity contribution in [2.24, 2.45) is 0 Å². The van der Waals surface area contributed by atoms with Crippen molar-refractivity contribution in [1.82, 2.24) is 0 Å². The van der Waals surface area contributed by atoms with Crippen molar-refractivity contribution in [3.63, 3.8) is 0 Å². The second-order valence-corrected chi connectivity index (χ2v) is 14.7. The van der Waals surface area contributed by atoms with Gasteiger partial charge in [0.1, 0.15) is 37.7 Å². The molecule has 0 aliphatic carbocycles. The number of phenols is 1. The number of hydrogen-bond donors (Lipinski definition) is 2. The van der Waals surface area contributed by atoms with E-state index in [0.29, 0.717) is 11.1 Å². The Balaban J connectivity index is 0.000000197. The third kappa shape index (κ3) is 24.0. The molecule has 5 aliphatic heterocycles. The molecule has 1 N–H and O–H groups in total. The van der Waals surface area contributed by atoms with Gasteiger partial charge in [0.2, 0.25) is 0 Å². The van der Waals surface area contributed by atoms with Crippen molar-refractivity contribution in [3.05, 3.63) is 108 Å². The Morgan fingerprint density at radius 3 is 1.36 bits per heavy atom. The Hall–Kier alpha value is -4.07. The Kier molecular flexibility index (Phi) is 26.6. The summed E-state index contributed by atoms with van der Waals surface area (Å²) < 4.78 is 37.3. The molecule has 0 spiro atoms. The van der Waals surface area contributed by atoms with Gasteiger partial charge < -0.3 is 38.3 Å². The highest BCUT2D eigenvalue weighted by Gasteiger charge is 2.16. The van der Waals surface area contributed by atoms with Crippen LogP contribution in [0.1, 0.15) is 116 Å². The number of carbonyl (C=O) groups excluding carboxylic acids is 2. The first kappa shape index (κ1) is 49.3. The molecule has 3 aromatic carbocycles. The molecule has 5 heterocycles. The minimum Gasteiger partial charge on any atom is -0.508 e. The monoisotopic (exact) mass is 830 g/mol. The number of ether oxygens (including phenoxy) is 7. The predicted molar refractivity (Wildman–Crippen MR) is 237 cm³/mol. The molecule has 0 bridgehead atoms. The van der Waals surface area contributed by atoms with Crippen molar-refractivity contribution in [3.8, 4) is 17.2 Å². The minimum absolute atomic E-state index is 0.0359. The molecule has 10 nitrogen and oxygen atoms in total. The van der Waals surface area contributed by atoms with E-state index < -0.39 is 0 Å². The van der Waals surface area contributed by atoms with Crippen LogP contribution in [-0.4, -0.2) is 82.6 Å². The SMILES string of the molecule is C1=COCCC1.C=Cc1ccc(OC2CCCCO2)cc1.O=Cc1ccc(O)cc1.O=Cc1ccc(OC2CCCCO2)cc1.SC1CCCCO1.[B]C1CCCCO1. The van der Waals surface area contributed by atoms with E-state index >= 15 is 0 Å². The van der Waals surface area contributed by atoms with Crippen molar-refractivity contribution < 1.29 is 47.9 Å². The Morgan fingerprint density at radius 1 is 0.593 bits per heavy atom. The van der Waals surface area contributed by atoms with Crippen molar-refractivity contribution in [1.29, 1.82) is 0 Å². The second kappa shape index (κ2) is 31.8. The van der Waals surface area contributed by atoms with E-state index in [2.05, 4.69) is 19.2 Å². The molecule has 320 valence electrons. The molecule has 2 radical (unpaired) electrons. The number of aldehydes is 2. The summed E-state index contributed by atoms with van der Waals surface area (Å²) >= 11 is 4.14. The van der Waals surface area contributed by atoms with Gasteiger partial charge in [-0.05, 0) is 149 Å². The van der Waals surface area contributed by atoms with E-state index in [0.717, 1.165) is 108 Å². The highest BCUT2D eigenvalue weighted by molar-refractivity contribution is 7.80. The highest BCUT2D eigenvalue weighted by atomic mass is 32.1. The lowest BCUT2D eigenvalue weighted by Crippen LogP contribution is -2.24. The first-order valence-corrected chi connectivity index (χ1v) is 21.4. The van der Waals surface area contributed by atoms with E-state index in [1.807, 2.05) is 36.4 Å². The average molecular weight is 831 g/mol. The maximum atomic E-state index is 10.4. The van der Waals surface area contributed by atoms with Crippen LogP contribution < -0.4 is 9.47 Å². The molecular formula is C47H63BO10S. The standard InChI is InChI=1S/C13H16O2.C12H14O3.C7H6O2.C5H9BO.C5H10OS.C5H8O/c1-2-11-6-8-12(9-7-11)15-13-5-3-4-10-14-13;13-9-10-4-6-11(7-5-10)15-12-3-1-2-8-14-12;8-5-6-1-3-7(9)4-2-6;6-5-3-1-2-4-7-5;7-5-3-1-2-4-6-5;1-2-4-6-5-3-1/h2,6-9,13H,1,3-5,10H2;4-7,9,12H,1-3,8H2;1-5,9H;5H,1-4H2;5,7H,1-4H2;2,4H,1,3,5H2. The van der Waals surface area contributed by atoms with E-state index in [-0.39, 0.29) is 29.8 Å². The molecule has 0 saturated carbocycles. The van der Waals surface area contributed by atoms with Gasteiger partial charge in [-0.25, -0.2) is 0 Å². The van der Waals surface area contributed by atoms with Gasteiger partial charge >= 0.3 is 0 Å². The van der Waals surface area contributed by atoms with Crippen LogP contribution in [-0.2, 0) is 23.7 Å². The van der Waals surface area contributed by atoms with Gasteiger partial charge in [0.05, 0.1) is 31.5 Å². The number of aromatic hydroxyl groups is 1. The van der Waals surface area contributed by atoms with Crippen molar-refractivity contribution in [2.45, 2.75) is 114 Å². The van der Waals surface area contributed by atoms with Gasteiger partial charge in [0, 0.05) is 43.2 Å². The summed E-state index contributed by atoms with van der Waals surface area (Å²) in [5.41, 5.74) is 2.57. The van der Waals surface area contributed by atoms with E-state index in [4.69, 9.17) is 46.1 Å². The topological polar surface area (TPSA) is 119 Å². The molecule has 4 unspecified atom stereocenters. The van der Waals surface area contributed by atoms with Crippen LogP contribution in [0.5, 0.6) is 17.2 Å². The number of phenolic OH excluding ortho intramolecular Hbond substituents is 1. The van der Waals surface area contributed by atoms with Gasteiger partial charge in [0.25, 0.3) is 0 Å². The van der Waals surface area contributed by atoms with Crippen LogP contribution in [0.25, 0.3) is 6.08 Å². The van der Waals surface area contributed by atoms with Gasteiger partial charge in [-0.2, -0.15) is 0 Å². The number of carbonyl (C=O) groups is 2. The lowest BCUT2D eigenvalue weighted by atomic mass is 9.93. The van der Waals surface area contributed by atoms with Gasteiger partial charge in [-0.15, -0.1) is 12.6 Å². The van der Waals surface area contributed by atoms with Crippen LogP contribution >= 0.6 is 12.6 Å². The number of rotatable bonds is 7. The van der Waals surface area contributed by atoms with Gasteiger partial charge in [0.15, 0.2) is 12.6 Å². The Labute approximate surface area is 358 Å². The van der Waals surface area contributed by atoms with Gasteiger partial charge in [-0.1, -0.05) is 24.8 Å². The first-order valence-electron chi connectivity index (χ1n) is 20.9. The van der Waals surface area contributed by atoms with Gasteiger partial charge in [-0.3, -0.25) is 9.59 Å². The predicted octanol–water partition coefficient (Wildman–Crippen LogP) is 10.3. The van der Waals surface area contributed by atoms with E-state index in [1.165, 1.54) is 57.1 Å². The maximum Gasteiger partial charge on any atom is 0.199 e. The lowest BCUT2D eigenvalue weighted by Gasteiger charge is -2.23. The number of thiol groups is 1. The molecule has 4 fully saturated rings. The molecule has 3 aromatic rings. The summed E-state index contributed by atoms with van der Waals surface area (Å²) in [7, 11) is 5.41. The zero-order chi connectivity index (χ0) is 42.2. The lowest BCUT2D eigenvalue weighted by molar-refractivity contribution is -0.106. The maximum absolute atomic E-state index is 10.4. The smallest absolute Gasteiger partial charge is 0.199 e. The Morgan fingerprint density at radius 2 is 1.07 bits per heavy atom. The largest absolute Gasteiger partial charge is 0.508 e. The summed E-state index contributed by atoms with van der Waals surface area (Å²) in [6.45, 7) is 7.99. The first-order chi connectivity index (χ1) is 28.9. The van der Waals surface area contributed by atoms with Crippen LogP contribution in [0.4, 0.5) is 0 Å². The molecule has 8 rings (SSSR count). The zero-order valence-corrected chi connectivity index (χ0v) is 35.3. The fourth-order valence-electron chi connectivity index (χ4n) is 5.75. The molecule has 4 atom stereocenters. The molecule has 4 saturated heterocycles. The van der Waals surface area contributed by atoms with Crippen LogP contribution in [0.3, 0.4) is 0 Å². The number of hydrogen-bond acceptors (Lipinski definition) is 11. The van der Waals surface area contributed by atoms with E-state index in [9.17, 15) is 9.59 Å². The molecular weight excluding hydrogens is 767 g/mol. The van der Waals surface area contributed by atoms with E-state index in [1.54, 1.807) is 42.7 Å². The van der Waals surface area contributed by atoms with Crippen LogP contribution in [0.2, 0.25) is 0 Å². The highest BCUT2D eigenvalue weighted by Crippen LogP contribution is 2.21. The fourth-order valence-corrected chi connectivity index (χ4v) is 6.04. The molecule has 0 aromatic heterocycles. The molecule has 0 amide bonds. The Bertz CT molecular complexity index is 1440. The summed E-state index contributed by atoms with van der Waals surface area (Å²) in [6, 6.07) is 21.1. The fraction of sp³-hybridized carbons (Fsp3) is 0.489. The van der Waals surface area contributed by atoms with Crippen LogP contribution in [0, 0.1) is 0 Å². The molecule has 12 heteroatoms. The van der Waals surface area contributed by atoms with Crippen LogP contribution in [0.15, 0.2) is 91.7 Å². The number of allylic oxidation sites excluding steroid dienone is 1. The quantitative estimate of drug-likeness (QED) is 0.135. The van der Waals surface area contributed by atoms with Crippen molar-refractivity contribution >= 4 is 39.1 Å². The second-order valence-electron chi connectivity index (χ2n) is 14.1. The zero-order valence-electron chi connectivity index (χ0n) is 34.4. The third-order valence-corrected chi connectivity index (χ3v) is 9.58. The minimum atomic E-state index is -0.124. The summed E-state index contributed by atoms with van der Waals surface area (Å²) in [6.07, 6.45) is 23.0. The summed E-state index contributed by atoms with van der Waals surface area (Å²) in [4.78, 5) is 20.5. The molecule has 5 aliphatic rings. The van der Waals surface area contributed by atoms with Crippen molar-refractivity contribution in [2.75, 3.05) is 33.0 Å². The molecule has 59 heavy (non-hydrogen) atoms. The summed E-state index contributed by atoms with van der Waals surface area (Å²) in [5.74, 6) is 1.81. The third-order valence-electron chi connectivity index (χ3n) is 9.17. The average Bonchev–Trinajstić information content (AvgIpc) is 3.30.